The molecule has 0 fully saturated rings. The number of halogens is 2. The number of oxazole rings is 1. The Morgan fingerprint density at radius 1 is 1.08 bits per heavy atom. The molecule has 0 aliphatic rings. The van der Waals surface area contributed by atoms with Gasteiger partial charge in [0.1, 0.15) is 11.6 Å². The van der Waals surface area contributed by atoms with Gasteiger partial charge in [0.25, 0.3) is 0 Å². The van der Waals surface area contributed by atoms with Crippen molar-refractivity contribution in [3.8, 4) is 11.5 Å². The lowest BCUT2D eigenvalue weighted by atomic mass is 10.2. The monoisotopic (exact) mass is 364 g/mol. The summed E-state index contributed by atoms with van der Waals surface area (Å²) in [6, 6.07) is 10.1. The van der Waals surface area contributed by atoms with Gasteiger partial charge in [0.15, 0.2) is 0 Å². The highest BCUT2D eigenvalue weighted by molar-refractivity contribution is 7.91. The predicted molar refractivity (Wildman–Crippen MR) is 87.9 cm³/mol. The number of benzene rings is 2. The van der Waals surface area contributed by atoms with Gasteiger partial charge in [-0.05, 0) is 43.3 Å². The van der Waals surface area contributed by atoms with Gasteiger partial charge in [-0.2, -0.15) is 4.98 Å². The van der Waals surface area contributed by atoms with Gasteiger partial charge in [-0.3, -0.25) is 0 Å². The van der Waals surface area contributed by atoms with E-state index in [1.807, 2.05) is 0 Å². The molecule has 0 atom stereocenters. The normalized spacial score (nSPS) is 11.5. The summed E-state index contributed by atoms with van der Waals surface area (Å²) < 4.78 is 58.0. The number of hydrogen-bond acceptors (Lipinski definition) is 5. The molecule has 1 N–H and O–H groups in total. The first-order valence-corrected chi connectivity index (χ1v) is 8.92. The van der Waals surface area contributed by atoms with E-state index in [-0.39, 0.29) is 27.3 Å². The van der Waals surface area contributed by atoms with E-state index >= 15 is 0 Å². The second-order valence-corrected chi connectivity index (χ2v) is 6.99. The van der Waals surface area contributed by atoms with E-state index < -0.39 is 21.5 Å². The predicted octanol–water partition coefficient (Wildman–Crippen LogP) is 3.88. The van der Waals surface area contributed by atoms with E-state index in [2.05, 4.69) is 10.3 Å². The van der Waals surface area contributed by atoms with Crippen molar-refractivity contribution in [3.05, 3.63) is 60.2 Å². The van der Waals surface area contributed by atoms with Crippen molar-refractivity contribution in [2.24, 2.45) is 0 Å². The zero-order valence-corrected chi connectivity index (χ0v) is 14.0. The summed E-state index contributed by atoms with van der Waals surface area (Å²) in [5.41, 5.74) is 0.0437. The number of anilines is 1. The summed E-state index contributed by atoms with van der Waals surface area (Å²) in [7, 11) is -4.07. The maximum atomic E-state index is 14.0. The topological polar surface area (TPSA) is 72.2 Å². The molecule has 0 spiro atoms. The van der Waals surface area contributed by atoms with Gasteiger partial charge in [0.2, 0.25) is 26.6 Å². The van der Waals surface area contributed by atoms with Crippen molar-refractivity contribution in [2.45, 2.75) is 16.8 Å². The van der Waals surface area contributed by atoms with Crippen LogP contribution in [0.4, 0.5) is 14.7 Å². The molecule has 0 saturated carbocycles. The van der Waals surface area contributed by atoms with Crippen LogP contribution in [-0.4, -0.2) is 19.9 Å². The smallest absolute Gasteiger partial charge is 0.233 e. The number of nitrogens with one attached hydrogen (secondary N) is 1. The molecule has 0 amide bonds. The van der Waals surface area contributed by atoms with Gasteiger partial charge < -0.3 is 9.73 Å². The zero-order valence-electron chi connectivity index (χ0n) is 13.2. The van der Waals surface area contributed by atoms with E-state index in [1.54, 1.807) is 13.0 Å². The molecule has 0 bridgehead atoms. The molecule has 1 aromatic heterocycles. The largest absolute Gasteiger partial charge is 0.419 e. The quantitative estimate of drug-likeness (QED) is 0.696. The van der Waals surface area contributed by atoms with E-state index in [0.29, 0.717) is 6.54 Å². The van der Waals surface area contributed by atoms with Crippen molar-refractivity contribution >= 4 is 15.7 Å². The van der Waals surface area contributed by atoms with E-state index in [9.17, 15) is 17.2 Å². The maximum Gasteiger partial charge on any atom is 0.233 e. The molecule has 0 aliphatic carbocycles. The summed E-state index contributed by atoms with van der Waals surface area (Å²) in [6.07, 6.45) is 0. The third-order valence-corrected chi connectivity index (χ3v) is 5.09. The molecular formula is C17H14F2N2O3S. The highest BCUT2D eigenvalue weighted by atomic mass is 32.2. The molecule has 2 aromatic carbocycles. The number of nitrogens with zero attached hydrogens (tertiary/aromatic N) is 1. The molecule has 3 aromatic rings. The molecule has 1 heterocycles. The van der Waals surface area contributed by atoms with Crippen molar-refractivity contribution < 1.29 is 21.6 Å². The summed E-state index contributed by atoms with van der Waals surface area (Å²) in [5, 5.41) is 2.39. The number of hydrogen-bond donors (Lipinski definition) is 1. The molecule has 25 heavy (non-hydrogen) atoms. The summed E-state index contributed by atoms with van der Waals surface area (Å²) in [6.45, 7) is 2.12. The highest BCUT2D eigenvalue weighted by Crippen LogP contribution is 2.33. The van der Waals surface area contributed by atoms with Crippen molar-refractivity contribution in [1.82, 2.24) is 4.98 Å². The fourth-order valence-corrected chi connectivity index (χ4v) is 3.51. The standard InChI is InChI=1S/C17H14F2N2O3S/c1-2-20-16-17(25(22,23)12-9-7-11(18)8-10-12)21-15(24-16)13-5-3-4-6-14(13)19/h3-10,20H,2H2,1H3. The van der Waals surface area contributed by atoms with Crippen LogP contribution in [0.5, 0.6) is 0 Å². The van der Waals surface area contributed by atoms with Crippen molar-refractivity contribution in [1.29, 1.82) is 0 Å². The Morgan fingerprint density at radius 3 is 2.40 bits per heavy atom. The molecule has 0 aliphatic heterocycles. The lowest BCUT2D eigenvalue weighted by Gasteiger charge is -2.04. The Morgan fingerprint density at radius 2 is 1.76 bits per heavy atom. The summed E-state index contributed by atoms with van der Waals surface area (Å²) in [5.74, 6) is -1.39. The number of rotatable bonds is 5. The van der Waals surface area contributed by atoms with E-state index in [1.165, 1.54) is 18.2 Å². The average molecular weight is 364 g/mol. The minimum absolute atomic E-state index is 0.0437. The Labute approximate surface area is 143 Å². The van der Waals surface area contributed by atoms with Crippen LogP contribution in [-0.2, 0) is 9.84 Å². The SMILES string of the molecule is CCNc1oc(-c2ccccc2F)nc1S(=O)(=O)c1ccc(F)cc1. The fraction of sp³-hybridized carbons (Fsp3) is 0.118. The maximum absolute atomic E-state index is 14.0. The molecule has 5 nitrogen and oxygen atoms in total. The average Bonchev–Trinajstić information content (AvgIpc) is 3.00. The first-order chi connectivity index (χ1) is 11.9. The molecule has 0 unspecified atom stereocenters. The fourth-order valence-electron chi connectivity index (χ4n) is 2.24. The summed E-state index contributed by atoms with van der Waals surface area (Å²) >= 11 is 0. The first-order valence-electron chi connectivity index (χ1n) is 7.43. The van der Waals surface area contributed by atoms with Gasteiger partial charge in [-0.1, -0.05) is 12.1 Å². The van der Waals surface area contributed by atoms with Crippen LogP contribution in [0.15, 0.2) is 62.9 Å². The van der Waals surface area contributed by atoms with E-state index in [0.717, 1.165) is 24.3 Å². The van der Waals surface area contributed by atoms with Gasteiger partial charge in [0.05, 0.1) is 10.5 Å². The Kier molecular flexibility index (Phi) is 4.54. The minimum atomic E-state index is -4.07. The van der Waals surface area contributed by atoms with Gasteiger partial charge in [0, 0.05) is 6.54 Å². The number of aromatic nitrogens is 1. The van der Waals surface area contributed by atoms with Crippen LogP contribution in [0.2, 0.25) is 0 Å². The second-order valence-electron chi connectivity index (χ2n) is 5.12. The molecule has 3 rings (SSSR count). The number of sulfone groups is 1. The van der Waals surface area contributed by atoms with Crippen LogP contribution in [0.1, 0.15) is 6.92 Å². The molecular weight excluding hydrogens is 350 g/mol. The van der Waals surface area contributed by atoms with Crippen LogP contribution in [0.3, 0.4) is 0 Å². The third kappa shape index (κ3) is 3.25. The molecule has 0 radical (unpaired) electrons. The summed E-state index contributed by atoms with van der Waals surface area (Å²) in [4.78, 5) is 3.84. The van der Waals surface area contributed by atoms with Crippen molar-refractivity contribution in [2.75, 3.05) is 11.9 Å². The Hall–Kier alpha value is -2.74. The molecule has 8 heteroatoms. The van der Waals surface area contributed by atoms with Crippen LogP contribution in [0.25, 0.3) is 11.5 Å². The van der Waals surface area contributed by atoms with Gasteiger partial charge in [-0.25, -0.2) is 17.2 Å². The van der Waals surface area contributed by atoms with Crippen LogP contribution < -0.4 is 5.32 Å². The highest BCUT2D eigenvalue weighted by Gasteiger charge is 2.29. The van der Waals surface area contributed by atoms with Crippen LogP contribution in [0, 0.1) is 11.6 Å². The van der Waals surface area contributed by atoms with Crippen molar-refractivity contribution in [3.63, 3.8) is 0 Å². The molecule has 130 valence electrons. The second kappa shape index (κ2) is 6.64. The lowest BCUT2D eigenvalue weighted by molar-refractivity contribution is 0.568. The van der Waals surface area contributed by atoms with Gasteiger partial charge >= 0.3 is 0 Å². The van der Waals surface area contributed by atoms with Gasteiger partial charge in [-0.15, -0.1) is 0 Å². The zero-order chi connectivity index (χ0) is 18.0. The van der Waals surface area contributed by atoms with Crippen LogP contribution >= 0.6 is 0 Å². The minimum Gasteiger partial charge on any atom is -0.419 e. The Bertz CT molecular complexity index is 999. The lowest BCUT2D eigenvalue weighted by Crippen LogP contribution is -2.07. The Balaban J connectivity index is 2.15. The molecule has 0 saturated heterocycles. The van der Waals surface area contributed by atoms with E-state index in [4.69, 9.17) is 4.42 Å². The third-order valence-electron chi connectivity index (χ3n) is 3.42. The first kappa shape index (κ1) is 17.1.